The van der Waals surface area contributed by atoms with Crippen LogP contribution in [0.1, 0.15) is 19.4 Å². The third kappa shape index (κ3) is 4.96. The van der Waals surface area contributed by atoms with Crippen LogP contribution in [0.2, 0.25) is 0 Å². The zero-order chi connectivity index (χ0) is 14.3. The van der Waals surface area contributed by atoms with E-state index in [1.54, 1.807) is 0 Å². The van der Waals surface area contributed by atoms with Crippen LogP contribution < -0.4 is 0 Å². The number of halogens is 1. The number of benzene rings is 1. The first-order chi connectivity index (χ1) is 9.00. The molecule has 0 fully saturated rings. The predicted molar refractivity (Wildman–Crippen MR) is 68.2 cm³/mol. The molecule has 0 aliphatic carbocycles. The van der Waals surface area contributed by atoms with Crippen LogP contribution in [-0.4, -0.2) is 31.6 Å². The monoisotopic (exact) mass is 270 g/mol. The van der Waals surface area contributed by atoms with Crippen molar-refractivity contribution in [3.05, 3.63) is 35.9 Å². The van der Waals surface area contributed by atoms with Gasteiger partial charge in [0.05, 0.1) is 13.7 Å². The molecule has 1 rings (SSSR count). The normalized spacial score (nSPS) is 15.6. The van der Waals surface area contributed by atoms with E-state index in [1.807, 2.05) is 30.3 Å². The smallest absolute Gasteiger partial charge is 0.334 e. The molecule has 0 aromatic heterocycles. The third-order valence-corrected chi connectivity index (χ3v) is 2.59. The second kappa shape index (κ2) is 7.21. The van der Waals surface area contributed by atoms with Crippen molar-refractivity contribution < 1.29 is 23.4 Å². The summed E-state index contributed by atoms with van der Waals surface area (Å²) < 4.78 is 28.3. The van der Waals surface area contributed by atoms with E-state index in [4.69, 9.17) is 9.47 Å². The average molecular weight is 270 g/mol. The number of carbonyl (C=O) groups excluding carboxylic acids is 1. The van der Waals surface area contributed by atoms with Crippen molar-refractivity contribution in [1.29, 1.82) is 0 Å². The molecule has 5 heteroatoms. The maximum Gasteiger partial charge on any atom is 0.334 e. The topological polar surface area (TPSA) is 44.8 Å². The van der Waals surface area contributed by atoms with Gasteiger partial charge in [-0.25, -0.2) is 9.18 Å². The van der Waals surface area contributed by atoms with Crippen LogP contribution >= 0.6 is 0 Å². The summed E-state index contributed by atoms with van der Waals surface area (Å²) in [6.07, 6.45) is -0.887. The number of alkyl halides is 1. The van der Waals surface area contributed by atoms with Crippen molar-refractivity contribution in [3.63, 3.8) is 0 Å². The van der Waals surface area contributed by atoms with Gasteiger partial charge in [-0.3, -0.25) is 0 Å². The summed E-state index contributed by atoms with van der Waals surface area (Å²) in [6.45, 7) is 2.29. The van der Waals surface area contributed by atoms with Crippen molar-refractivity contribution in [1.82, 2.24) is 0 Å². The van der Waals surface area contributed by atoms with E-state index in [2.05, 4.69) is 4.74 Å². The van der Waals surface area contributed by atoms with Gasteiger partial charge in [0.25, 0.3) is 0 Å². The summed E-state index contributed by atoms with van der Waals surface area (Å²) in [5.74, 6) is -2.04. The molecule has 0 aliphatic rings. The molecule has 0 heterocycles. The molecule has 0 saturated carbocycles. The summed E-state index contributed by atoms with van der Waals surface area (Å²) >= 11 is 0. The minimum Gasteiger partial charge on any atom is -0.467 e. The molecule has 2 atom stereocenters. The van der Waals surface area contributed by atoms with Crippen molar-refractivity contribution in [2.24, 2.45) is 0 Å². The van der Waals surface area contributed by atoms with Crippen molar-refractivity contribution >= 4 is 5.97 Å². The maximum atomic E-state index is 13.1. The molecule has 1 aromatic carbocycles. The highest BCUT2D eigenvalue weighted by molar-refractivity contribution is 5.74. The number of esters is 1. The Bertz CT molecular complexity index is 396. The molecule has 0 amide bonds. The molecule has 0 spiro atoms. The molecule has 0 bridgehead atoms. The molecular formula is C14H19FO4. The van der Waals surface area contributed by atoms with E-state index < -0.39 is 24.5 Å². The number of rotatable bonds is 7. The van der Waals surface area contributed by atoms with Crippen LogP contribution in [0.15, 0.2) is 30.3 Å². The Morgan fingerprint density at radius 1 is 1.37 bits per heavy atom. The van der Waals surface area contributed by atoms with E-state index in [9.17, 15) is 9.18 Å². The van der Waals surface area contributed by atoms with E-state index in [1.165, 1.54) is 21.0 Å². The lowest BCUT2D eigenvalue weighted by atomic mass is 10.2. The maximum absolute atomic E-state index is 13.1. The standard InChI is InChI=1S/C14H19FO4/c1-11(13(16)17-3)19-14(2,10-15)18-9-12-7-5-4-6-8-12/h4-8,11H,9-10H2,1-3H3/t11-,14?/m0/s1. The quantitative estimate of drug-likeness (QED) is 0.564. The van der Waals surface area contributed by atoms with Crippen molar-refractivity contribution in [2.75, 3.05) is 13.8 Å². The first kappa shape index (κ1) is 15.6. The molecule has 19 heavy (non-hydrogen) atoms. The molecule has 0 saturated heterocycles. The Kier molecular flexibility index (Phi) is 5.92. The zero-order valence-electron chi connectivity index (χ0n) is 11.4. The minimum absolute atomic E-state index is 0.204. The second-order valence-electron chi connectivity index (χ2n) is 4.32. The van der Waals surface area contributed by atoms with Gasteiger partial charge in [0.1, 0.15) is 6.67 Å². The predicted octanol–water partition coefficient (Wildman–Crippen LogP) is 2.47. The van der Waals surface area contributed by atoms with E-state index in [-0.39, 0.29) is 6.61 Å². The second-order valence-corrected chi connectivity index (χ2v) is 4.32. The highest BCUT2D eigenvalue weighted by Crippen LogP contribution is 2.19. The Morgan fingerprint density at radius 2 is 2.00 bits per heavy atom. The molecular weight excluding hydrogens is 251 g/mol. The van der Waals surface area contributed by atoms with Crippen molar-refractivity contribution in [2.45, 2.75) is 32.3 Å². The highest BCUT2D eigenvalue weighted by atomic mass is 19.1. The number of methoxy groups -OCH3 is 1. The lowest BCUT2D eigenvalue weighted by molar-refractivity contribution is -0.259. The van der Waals surface area contributed by atoms with Crippen LogP contribution in [0.5, 0.6) is 0 Å². The van der Waals surface area contributed by atoms with Gasteiger partial charge >= 0.3 is 5.97 Å². The highest BCUT2D eigenvalue weighted by Gasteiger charge is 2.31. The summed E-state index contributed by atoms with van der Waals surface area (Å²) in [7, 11) is 1.25. The lowest BCUT2D eigenvalue weighted by Gasteiger charge is -2.29. The first-order valence-electron chi connectivity index (χ1n) is 6.00. The van der Waals surface area contributed by atoms with Gasteiger partial charge < -0.3 is 14.2 Å². The van der Waals surface area contributed by atoms with Gasteiger partial charge in [-0.2, -0.15) is 0 Å². The first-order valence-corrected chi connectivity index (χ1v) is 6.00. The van der Waals surface area contributed by atoms with Gasteiger partial charge in [0.2, 0.25) is 0 Å². The van der Waals surface area contributed by atoms with E-state index in [0.29, 0.717) is 0 Å². The zero-order valence-corrected chi connectivity index (χ0v) is 11.4. The average Bonchev–Trinajstić information content (AvgIpc) is 2.45. The Labute approximate surface area is 112 Å². The molecule has 1 aromatic rings. The molecule has 4 nitrogen and oxygen atoms in total. The van der Waals surface area contributed by atoms with Crippen LogP contribution in [0.4, 0.5) is 4.39 Å². The number of carbonyl (C=O) groups is 1. The number of hydrogen-bond donors (Lipinski definition) is 0. The van der Waals surface area contributed by atoms with Crippen LogP contribution in [0.3, 0.4) is 0 Å². The van der Waals surface area contributed by atoms with E-state index >= 15 is 0 Å². The number of hydrogen-bond acceptors (Lipinski definition) is 4. The molecule has 0 aliphatic heterocycles. The summed E-state index contributed by atoms with van der Waals surface area (Å²) in [4.78, 5) is 11.3. The third-order valence-electron chi connectivity index (χ3n) is 2.59. The fourth-order valence-corrected chi connectivity index (χ4v) is 1.50. The summed E-state index contributed by atoms with van der Waals surface area (Å²) in [5, 5.41) is 0. The van der Waals surface area contributed by atoms with Crippen LogP contribution in [0, 0.1) is 0 Å². The molecule has 0 radical (unpaired) electrons. The van der Waals surface area contributed by atoms with Gasteiger partial charge in [0.15, 0.2) is 11.9 Å². The fourth-order valence-electron chi connectivity index (χ4n) is 1.50. The van der Waals surface area contributed by atoms with Crippen LogP contribution in [-0.2, 0) is 25.6 Å². The van der Waals surface area contributed by atoms with Gasteiger partial charge in [-0.05, 0) is 19.4 Å². The molecule has 106 valence electrons. The van der Waals surface area contributed by atoms with Gasteiger partial charge in [0, 0.05) is 0 Å². The molecule has 0 N–H and O–H groups in total. The SMILES string of the molecule is COC(=O)[C@H](C)OC(C)(CF)OCc1ccccc1. The number of ether oxygens (including phenoxy) is 3. The summed E-state index contributed by atoms with van der Waals surface area (Å²) in [6, 6.07) is 9.34. The lowest BCUT2D eigenvalue weighted by Crippen LogP contribution is -2.40. The largest absolute Gasteiger partial charge is 0.467 e. The van der Waals surface area contributed by atoms with Crippen molar-refractivity contribution in [3.8, 4) is 0 Å². The van der Waals surface area contributed by atoms with Gasteiger partial charge in [-0.15, -0.1) is 0 Å². The van der Waals surface area contributed by atoms with E-state index in [0.717, 1.165) is 5.56 Å². The molecule has 1 unspecified atom stereocenters. The van der Waals surface area contributed by atoms with Crippen LogP contribution in [0.25, 0.3) is 0 Å². The summed E-state index contributed by atoms with van der Waals surface area (Å²) in [5.41, 5.74) is 0.900. The van der Waals surface area contributed by atoms with Gasteiger partial charge in [-0.1, -0.05) is 30.3 Å². The Hall–Kier alpha value is -1.46. The Balaban J connectivity index is 2.57. The minimum atomic E-state index is -1.47. The fraction of sp³-hybridized carbons (Fsp3) is 0.500. The Morgan fingerprint density at radius 3 is 2.53 bits per heavy atom.